The van der Waals surface area contributed by atoms with E-state index in [1.165, 1.54) is 19.3 Å². The molecule has 0 saturated carbocycles. The minimum Gasteiger partial charge on any atom is -0.478 e. The minimum absolute atomic E-state index is 0.293. The van der Waals surface area contributed by atoms with E-state index in [1.807, 2.05) is 6.07 Å². The van der Waals surface area contributed by atoms with Crippen molar-refractivity contribution in [3.63, 3.8) is 0 Å². The number of hydrogen-bond acceptors (Lipinski definition) is 3. The molecule has 21 heavy (non-hydrogen) atoms. The van der Waals surface area contributed by atoms with Crippen LogP contribution in [-0.2, 0) is 0 Å². The molecule has 2 rings (SSSR count). The second kappa shape index (κ2) is 6.04. The van der Waals surface area contributed by atoms with Crippen molar-refractivity contribution < 1.29 is 9.90 Å². The summed E-state index contributed by atoms with van der Waals surface area (Å²) in [5.74, 6) is 0.740. The standard InChI is InChI=1S/C17H26N2O2/c1-12-14(16(20)21)7-8-15(18-12)19-10-5-6-13(9-11-19)17(2,3)4/h7-8,13H,5-6,9-11H2,1-4H3,(H,20,21). The number of rotatable bonds is 2. The SMILES string of the molecule is Cc1nc(N2CCCC(C(C)(C)C)CC2)ccc1C(=O)O. The molecule has 0 bridgehead atoms. The molecule has 1 fully saturated rings. The van der Waals surface area contributed by atoms with Crippen LogP contribution in [0.15, 0.2) is 12.1 Å². The Morgan fingerprint density at radius 3 is 2.57 bits per heavy atom. The Bertz CT molecular complexity index is 520. The van der Waals surface area contributed by atoms with Gasteiger partial charge in [-0.2, -0.15) is 0 Å². The molecular weight excluding hydrogens is 264 g/mol. The molecule has 1 aliphatic heterocycles. The number of carbonyl (C=O) groups is 1. The van der Waals surface area contributed by atoms with Crippen molar-refractivity contribution in [3.05, 3.63) is 23.4 Å². The van der Waals surface area contributed by atoms with E-state index >= 15 is 0 Å². The van der Waals surface area contributed by atoms with Gasteiger partial charge in [-0.1, -0.05) is 20.8 Å². The number of aromatic nitrogens is 1. The number of carboxylic acid groups (broad SMARTS) is 1. The number of aryl methyl sites for hydroxylation is 1. The van der Waals surface area contributed by atoms with Crippen LogP contribution in [0.4, 0.5) is 5.82 Å². The summed E-state index contributed by atoms with van der Waals surface area (Å²) in [6.07, 6.45) is 3.60. The molecule has 1 atom stereocenters. The van der Waals surface area contributed by atoms with Crippen LogP contribution in [0.2, 0.25) is 0 Å². The molecule has 0 aliphatic carbocycles. The van der Waals surface area contributed by atoms with Crippen LogP contribution >= 0.6 is 0 Å². The van der Waals surface area contributed by atoms with Crippen LogP contribution in [0.3, 0.4) is 0 Å². The van der Waals surface area contributed by atoms with Crippen molar-refractivity contribution in [2.45, 2.75) is 47.0 Å². The van der Waals surface area contributed by atoms with Gasteiger partial charge in [0.2, 0.25) is 0 Å². The summed E-state index contributed by atoms with van der Waals surface area (Å²) < 4.78 is 0. The predicted octanol–water partition coefficient (Wildman–Crippen LogP) is 3.74. The summed E-state index contributed by atoms with van der Waals surface area (Å²) >= 11 is 0. The first-order chi connectivity index (χ1) is 9.79. The molecule has 116 valence electrons. The number of hydrogen-bond donors (Lipinski definition) is 1. The van der Waals surface area contributed by atoms with Gasteiger partial charge in [-0.15, -0.1) is 0 Å². The Kier molecular flexibility index (Phi) is 4.55. The lowest BCUT2D eigenvalue weighted by molar-refractivity contribution is 0.0695. The summed E-state index contributed by atoms with van der Waals surface area (Å²) in [4.78, 5) is 17.9. The largest absolute Gasteiger partial charge is 0.478 e. The highest BCUT2D eigenvalue weighted by molar-refractivity contribution is 5.89. The van der Waals surface area contributed by atoms with Crippen LogP contribution < -0.4 is 4.90 Å². The quantitative estimate of drug-likeness (QED) is 0.901. The molecule has 0 amide bonds. The van der Waals surface area contributed by atoms with Gasteiger partial charge in [-0.25, -0.2) is 9.78 Å². The van der Waals surface area contributed by atoms with Crippen LogP contribution in [0.25, 0.3) is 0 Å². The molecule has 1 N–H and O–H groups in total. The zero-order valence-electron chi connectivity index (χ0n) is 13.5. The molecule has 2 heterocycles. The molecule has 4 heteroatoms. The monoisotopic (exact) mass is 290 g/mol. The number of nitrogens with zero attached hydrogens (tertiary/aromatic N) is 2. The smallest absolute Gasteiger partial charge is 0.337 e. The highest BCUT2D eigenvalue weighted by Gasteiger charge is 2.27. The summed E-state index contributed by atoms with van der Waals surface area (Å²) in [6.45, 7) is 10.7. The van der Waals surface area contributed by atoms with Crippen molar-refractivity contribution in [2.75, 3.05) is 18.0 Å². The highest BCUT2D eigenvalue weighted by Crippen LogP contribution is 2.35. The highest BCUT2D eigenvalue weighted by atomic mass is 16.4. The molecular formula is C17H26N2O2. The second-order valence-electron chi connectivity index (χ2n) is 7.09. The van der Waals surface area contributed by atoms with Gasteiger partial charge >= 0.3 is 5.97 Å². The number of anilines is 1. The fraction of sp³-hybridized carbons (Fsp3) is 0.647. The summed E-state index contributed by atoms with van der Waals surface area (Å²) in [7, 11) is 0. The maximum Gasteiger partial charge on any atom is 0.337 e. The van der Waals surface area contributed by atoms with E-state index in [9.17, 15) is 4.79 Å². The summed E-state index contributed by atoms with van der Waals surface area (Å²) in [5.41, 5.74) is 1.24. The van der Waals surface area contributed by atoms with Crippen LogP contribution in [0.5, 0.6) is 0 Å². The van der Waals surface area contributed by atoms with Gasteiger partial charge in [0, 0.05) is 13.1 Å². The first-order valence-corrected chi connectivity index (χ1v) is 7.75. The Hall–Kier alpha value is -1.58. The number of carboxylic acids is 1. The van der Waals surface area contributed by atoms with E-state index in [-0.39, 0.29) is 0 Å². The Labute approximate surface area is 127 Å². The molecule has 0 spiro atoms. The van der Waals surface area contributed by atoms with Gasteiger partial charge in [-0.3, -0.25) is 0 Å². The molecule has 1 aliphatic rings. The molecule has 1 saturated heterocycles. The van der Waals surface area contributed by atoms with Crippen LogP contribution in [0.1, 0.15) is 56.1 Å². The van der Waals surface area contributed by atoms with Crippen molar-refractivity contribution in [2.24, 2.45) is 11.3 Å². The van der Waals surface area contributed by atoms with Gasteiger partial charge in [0.25, 0.3) is 0 Å². The van der Waals surface area contributed by atoms with Gasteiger partial charge in [0.1, 0.15) is 5.82 Å². The van der Waals surface area contributed by atoms with Gasteiger partial charge in [0.05, 0.1) is 11.3 Å². The van der Waals surface area contributed by atoms with E-state index in [4.69, 9.17) is 5.11 Å². The van der Waals surface area contributed by atoms with E-state index in [2.05, 4.69) is 30.7 Å². The lowest BCUT2D eigenvalue weighted by Crippen LogP contribution is -2.27. The normalized spacial score (nSPS) is 20.2. The molecule has 1 unspecified atom stereocenters. The zero-order chi connectivity index (χ0) is 15.6. The van der Waals surface area contributed by atoms with Crippen molar-refractivity contribution >= 4 is 11.8 Å². The number of aromatic carboxylic acids is 1. The Morgan fingerprint density at radius 2 is 2.00 bits per heavy atom. The molecule has 0 radical (unpaired) electrons. The molecule has 4 nitrogen and oxygen atoms in total. The third-order valence-electron chi connectivity index (χ3n) is 4.58. The van der Waals surface area contributed by atoms with Gasteiger partial charge in [-0.05, 0) is 49.7 Å². The van der Waals surface area contributed by atoms with Gasteiger partial charge < -0.3 is 10.0 Å². The predicted molar refractivity (Wildman–Crippen MR) is 84.9 cm³/mol. The summed E-state index contributed by atoms with van der Waals surface area (Å²) in [5, 5.41) is 9.08. The van der Waals surface area contributed by atoms with E-state index in [0.29, 0.717) is 16.7 Å². The maximum absolute atomic E-state index is 11.1. The average molecular weight is 290 g/mol. The minimum atomic E-state index is -0.907. The molecule has 1 aromatic heterocycles. The first kappa shape index (κ1) is 15.8. The zero-order valence-corrected chi connectivity index (χ0v) is 13.5. The van der Waals surface area contributed by atoms with Crippen LogP contribution in [0, 0.1) is 18.3 Å². The molecule has 1 aromatic rings. The number of pyridine rings is 1. The Balaban J connectivity index is 2.13. The lowest BCUT2D eigenvalue weighted by Gasteiger charge is -2.30. The van der Waals surface area contributed by atoms with Crippen molar-refractivity contribution in [1.29, 1.82) is 0 Å². The van der Waals surface area contributed by atoms with E-state index in [1.54, 1.807) is 13.0 Å². The Morgan fingerprint density at radius 1 is 1.29 bits per heavy atom. The van der Waals surface area contributed by atoms with E-state index in [0.717, 1.165) is 24.8 Å². The fourth-order valence-electron chi connectivity index (χ4n) is 3.14. The second-order valence-corrected chi connectivity index (χ2v) is 7.09. The van der Waals surface area contributed by atoms with Crippen molar-refractivity contribution in [1.82, 2.24) is 4.98 Å². The summed E-state index contributed by atoms with van der Waals surface area (Å²) in [6, 6.07) is 3.51. The first-order valence-electron chi connectivity index (χ1n) is 7.75. The van der Waals surface area contributed by atoms with Crippen LogP contribution in [-0.4, -0.2) is 29.1 Å². The molecule has 0 aromatic carbocycles. The maximum atomic E-state index is 11.1. The third kappa shape index (κ3) is 3.74. The fourth-order valence-corrected chi connectivity index (χ4v) is 3.14. The lowest BCUT2D eigenvalue weighted by atomic mass is 9.77. The topological polar surface area (TPSA) is 53.4 Å². The van der Waals surface area contributed by atoms with Crippen molar-refractivity contribution in [3.8, 4) is 0 Å². The average Bonchev–Trinajstić information content (AvgIpc) is 2.63. The van der Waals surface area contributed by atoms with Gasteiger partial charge in [0.15, 0.2) is 0 Å². The van der Waals surface area contributed by atoms with E-state index < -0.39 is 5.97 Å². The third-order valence-corrected chi connectivity index (χ3v) is 4.58.